The number of morpholine rings is 1. The second kappa shape index (κ2) is 7.84. The highest BCUT2D eigenvalue weighted by Gasteiger charge is 2.36. The van der Waals surface area contributed by atoms with E-state index in [4.69, 9.17) is 9.15 Å². The van der Waals surface area contributed by atoms with Crippen molar-refractivity contribution in [3.63, 3.8) is 0 Å². The van der Waals surface area contributed by atoms with Crippen LogP contribution in [0.15, 0.2) is 4.42 Å². The minimum atomic E-state index is -0.284. The van der Waals surface area contributed by atoms with Gasteiger partial charge in [-0.15, -0.1) is 10.2 Å². The van der Waals surface area contributed by atoms with E-state index in [9.17, 15) is 4.79 Å². The summed E-state index contributed by atoms with van der Waals surface area (Å²) in [5.41, 5.74) is 0. The quantitative estimate of drug-likeness (QED) is 0.812. The highest BCUT2D eigenvalue weighted by Crippen LogP contribution is 2.26. The van der Waals surface area contributed by atoms with Gasteiger partial charge in [-0.05, 0) is 6.92 Å². The van der Waals surface area contributed by atoms with Crippen LogP contribution in [0.5, 0.6) is 0 Å². The van der Waals surface area contributed by atoms with Gasteiger partial charge in [-0.2, -0.15) is 11.8 Å². The number of ether oxygens (including phenoxy) is 1. The maximum Gasteiger partial charge on any atom is 0.241 e. The molecule has 2 aliphatic rings. The Labute approximate surface area is 147 Å². The lowest BCUT2D eigenvalue weighted by Gasteiger charge is -2.38. The van der Waals surface area contributed by atoms with E-state index < -0.39 is 0 Å². The zero-order chi connectivity index (χ0) is 17.1. The Morgan fingerprint density at radius 2 is 1.96 bits per heavy atom. The number of hydrogen-bond acceptors (Lipinski definition) is 7. The number of carbonyl (C=O) groups excluding carboxylic acids is 1. The van der Waals surface area contributed by atoms with E-state index in [1.165, 1.54) is 0 Å². The highest BCUT2D eigenvalue weighted by atomic mass is 32.2. The predicted octanol–water partition coefficient (Wildman–Crippen LogP) is 1.53. The summed E-state index contributed by atoms with van der Waals surface area (Å²) in [6.07, 6.45) is 0. The summed E-state index contributed by atoms with van der Waals surface area (Å²) in [5.74, 6) is 3.55. The summed E-state index contributed by atoms with van der Waals surface area (Å²) in [6.45, 7) is 9.47. The Hall–Kier alpha value is -1.12. The summed E-state index contributed by atoms with van der Waals surface area (Å²) in [4.78, 5) is 17.2. The second-order valence-electron chi connectivity index (χ2n) is 6.58. The molecule has 0 bridgehead atoms. The Bertz CT molecular complexity index is 559. The fraction of sp³-hybridized carbons (Fsp3) is 0.812. The Kier molecular flexibility index (Phi) is 5.78. The first-order valence-electron chi connectivity index (χ1n) is 8.61. The van der Waals surface area contributed by atoms with Crippen LogP contribution in [0.3, 0.4) is 0 Å². The van der Waals surface area contributed by atoms with Crippen LogP contribution in [0, 0.1) is 0 Å². The first kappa shape index (κ1) is 17.7. The summed E-state index contributed by atoms with van der Waals surface area (Å²) in [6, 6.07) is -0.410. The van der Waals surface area contributed by atoms with Crippen molar-refractivity contribution in [3.05, 3.63) is 11.8 Å². The van der Waals surface area contributed by atoms with Crippen LogP contribution in [-0.2, 0) is 9.53 Å². The first-order chi connectivity index (χ1) is 11.6. The molecule has 2 saturated heterocycles. The third kappa shape index (κ3) is 3.75. The zero-order valence-electron chi connectivity index (χ0n) is 14.6. The Morgan fingerprint density at radius 3 is 2.62 bits per heavy atom. The minimum absolute atomic E-state index is 0.125. The summed E-state index contributed by atoms with van der Waals surface area (Å²) in [7, 11) is 0. The van der Waals surface area contributed by atoms with Crippen molar-refractivity contribution in [2.24, 2.45) is 0 Å². The summed E-state index contributed by atoms with van der Waals surface area (Å²) in [5, 5.41) is 8.25. The molecule has 8 heteroatoms. The van der Waals surface area contributed by atoms with Crippen molar-refractivity contribution < 1.29 is 13.9 Å². The van der Waals surface area contributed by atoms with Gasteiger partial charge in [0, 0.05) is 37.1 Å². The van der Waals surface area contributed by atoms with Gasteiger partial charge >= 0.3 is 0 Å². The lowest BCUT2D eigenvalue weighted by atomic mass is 10.1. The van der Waals surface area contributed by atoms with Crippen molar-refractivity contribution in [1.29, 1.82) is 0 Å². The van der Waals surface area contributed by atoms with Gasteiger partial charge in [0.2, 0.25) is 17.7 Å². The van der Waals surface area contributed by atoms with Crippen LogP contribution >= 0.6 is 11.8 Å². The van der Waals surface area contributed by atoms with Crippen molar-refractivity contribution in [1.82, 2.24) is 20.0 Å². The van der Waals surface area contributed by atoms with Crippen molar-refractivity contribution >= 4 is 17.7 Å². The number of thioether (sulfide) groups is 1. The fourth-order valence-electron chi connectivity index (χ4n) is 3.05. The topological polar surface area (TPSA) is 71.7 Å². The zero-order valence-corrected chi connectivity index (χ0v) is 15.4. The number of aromatic nitrogens is 2. The third-order valence-electron chi connectivity index (χ3n) is 4.60. The van der Waals surface area contributed by atoms with E-state index in [2.05, 4.69) is 15.1 Å². The van der Waals surface area contributed by atoms with Crippen LogP contribution < -0.4 is 0 Å². The molecule has 0 spiro atoms. The van der Waals surface area contributed by atoms with Crippen LogP contribution in [0.2, 0.25) is 0 Å². The van der Waals surface area contributed by atoms with E-state index in [0.29, 0.717) is 31.5 Å². The average molecular weight is 354 g/mol. The molecule has 134 valence electrons. The van der Waals surface area contributed by atoms with E-state index in [-0.39, 0.29) is 23.9 Å². The van der Waals surface area contributed by atoms with E-state index in [0.717, 1.165) is 24.6 Å². The molecule has 3 heterocycles. The molecule has 1 aromatic heterocycles. The maximum atomic E-state index is 13.1. The van der Waals surface area contributed by atoms with Gasteiger partial charge in [0.15, 0.2) is 0 Å². The summed E-state index contributed by atoms with van der Waals surface area (Å²) >= 11 is 1.95. The molecule has 3 rings (SSSR count). The summed E-state index contributed by atoms with van der Waals surface area (Å²) < 4.78 is 11.4. The van der Waals surface area contributed by atoms with Crippen molar-refractivity contribution in [2.45, 2.75) is 38.8 Å². The average Bonchev–Trinajstić information content (AvgIpc) is 3.11. The van der Waals surface area contributed by atoms with E-state index >= 15 is 0 Å². The molecule has 2 aliphatic heterocycles. The standard InChI is InChI=1S/C16H26N4O3S/c1-11(2)14-17-18-15(23-14)13-10-22-7-4-20(13)16(21)12(3)19-5-8-24-9-6-19/h11-13H,4-10H2,1-3H3/t12-,13+/m0/s1. The first-order valence-corrected chi connectivity index (χ1v) is 9.76. The highest BCUT2D eigenvalue weighted by molar-refractivity contribution is 7.99. The SMILES string of the molecule is CC(C)c1nnc([C@H]2COCCN2C(=O)[C@H](C)N2CCSCC2)o1. The molecule has 24 heavy (non-hydrogen) atoms. The maximum absolute atomic E-state index is 13.1. The van der Waals surface area contributed by atoms with Crippen LogP contribution in [0.4, 0.5) is 0 Å². The van der Waals surface area contributed by atoms with Gasteiger partial charge in [-0.1, -0.05) is 13.8 Å². The molecule has 1 amide bonds. The largest absolute Gasteiger partial charge is 0.423 e. The van der Waals surface area contributed by atoms with Crippen LogP contribution in [-0.4, -0.2) is 76.3 Å². The van der Waals surface area contributed by atoms with Gasteiger partial charge in [0.05, 0.1) is 19.3 Å². The molecule has 0 unspecified atom stereocenters. The lowest BCUT2D eigenvalue weighted by Crippen LogP contribution is -2.53. The smallest absolute Gasteiger partial charge is 0.241 e. The molecule has 0 aromatic carbocycles. The number of amides is 1. The van der Waals surface area contributed by atoms with Gasteiger partial charge in [-0.3, -0.25) is 9.69 Å². The van der Waals surface area contributed by atoms with Crippen LogP contribution in [0.25, 0.3) is 0 Å². The van der Waals surface area contributed by atoms with E-state index in [1.807, 2.05) is 37.4 Å². The minimum Gasteiger partial charge on any atom is -0.423 e. The molecule has 2 fully saturated rings. The predicted molar refractivity (Wildman–Crippen MR) is 92.0 cm³/mol. The second-order valence-corrected chi connectivity index (χ2v) is 7.80. The number of nitrogens with zero attached hydrogens (tertiary/aromatic N) is 4. The van der Waals surface area contributed by atoms with Crippen molar-refractivity contribution in [3.8, 4) is 0 Å². The molecule has 0 radical (unpaired) electrons. The van der Waals surface area contributed by atoms with Crippen molar-refractivity contribution in [2.75, 3.05) is 44.4 Å². The van der Waals surface area contributed by atoms with E-state index in [1.54, 1.807) is 0 Å². The number of rotatable bonds is 4. The number of hydrogen-bond donors (Lipinski definition) is 0. The third-order valence-corrected chi connectivity index (χ3v) is 5.54. The molecule has 2 atom stereocenters. The van der Waals surface area contributed by atoms with Gasteiger partial charge in [0.25, 0.3) is 0 Å². The molecular formula is C16H26N4O3S. The molecule has 0 aliphatic carbocycles. The number of carbonyl (C=O) groups is 1. The molecule has 0 N–H and O–H groups in total. The van der Waals surface area contributed by atoms with Crippen LogP contribution in [0.1, 0.15) is 44.5 Å². The molecule has 1 aromatic rings. The molecule has 0 saturated carbocycles. The fourth-order valence-corrected chi connectivity index (χ4v) is 3.98. The normalized spacial score (nSPS) is 24.3. The molecular weight excluding hydrogens is 328 g/mol. The Balaban J connectivity index is 1.74. The van der Waals surface area contributed by atoms with Gasteiger partial charge < -0.3 is 14.1 Å². The Morgan fingerprint density at radius 1 is 1.21 bits per heavy atom. The van der Waals surface area contributed by atoms with Gasteiger partial charge in [0.1, 0.15) is 6.04 Å². The lowest BCUT2D eigenvalue weighted by molar-refractivity contribution is -0.146. The monoisotopic (exact) mass is 354 g/mol. The van der Waals surface area contributed by atoms with Gasteiger partial charge in [-0.25, -0.2) is 0 Å². The molecule has 7 nitrogen and oxygen atoms in total.